The lowest BCUT2D eigenvalue weighted by atomic mass is 10.2. The highest BCUT2D eigenvalue weighted by Crippen LogP contribution is 2.32. The number of carbonyl (C=O) groups excluding carboxylic acids is 1. The highest BCUT2D eigenvalue weighted by atomic mass is 35.5. The molecule has 0 saturated heterocycles. The minimum Gasteiger partial charge on any atom is -0.454 e. The van der Waals surface area contributed by atoms with E-state index in [1.807, 2.05) is 13.0 Å². The van der Waals surface area contributed by atoms with Crippen LogP contribution in [0.25, 0.3) is 0 Å². The van der Waals surface area contributed by atoms with Gasteiger partial charge in [-0.3, -0.25) is 9.48 Å². The van der Waals surface area contributed by atoms with Crippen molar-refractivity contribution in [3.63, 3.8) is 0 Å². The number of nitrogens with zero attached hydrogens (tertiary/aromatic N) is 2. The lowest BCUT2D eigenvalue weighted by Crippen LogP contribution is -2.13. The van der Waals surface area contributed by atoms with Crippen LogP contribution in [-0.2, 0) is 6.54 Å². The van der Waals surface area contributed by atoms with Crippen molar-refractivity contribution in [1.29, 1.82) is 0 Å². The molecule has 2 heterocycles. The third-order valence-corrected chi connectivity index (χ3v) is 4.78. The van der Waals surface area contributed by atoms with Gasteiger partial charge in [0.25, 0.3) is 5.91 Å². The minimum atomic E-state index is -0.275. The predicted octanol–water partition coefficient (Wildman–Crippen LogP) is 4.53. The fourth-order valence-electron chi connectivity index (χ4n) is 2.77. The first-order chi connectivity index (χ1) is 13.0. The maximum Gasteiger partial charge on any atom is 0.257 e. The Kier molecular flexibility index (Phi) is 4.68. The number of nitrogens with one attached hydrogen (secondary N) is 1. The van der Waals surface area contributed by atoms with Crippen molar-refractivity contribution in [2.24, 2.45) is 0 Å². The number of aryl methyl sites for hydroxylation is 1. The van der Waals surface area contributed by atoms with E-state index in [1.54, 1.807) is 41.1 Å². The van der Waals surface area contributed by atoms with Crippen LogP contribution in [0.5, 0.6) is 11.5 Å². The fraction of sp³-hybridized carbons (Fsp3) is 0.158. The number of hydrogen-bond donors (Lipinski definition) is 1. The number of aromatic nitrogens is 2. The second-order valence-corrected chi connectivity index (χ2v) is 6.93. The lowest BCUT2D eigenvalue weighted by Gasteiger charge is -2.07. The van der Waals surface area contributed by atoms with Gasteiger partial charge in [0, 0.05) is 27.4 Å². The number of ether oxygens (including phenoxy) is 2. The monoisotopic (exact) mass is 403 g/mol. The highest BCUT2D eigenvalue weighted by Gasteiger charge is 2.17. The zero-order valence-corrected chi connectivity index (χ0v) is 15.8. The Morgan fingerprint density at radius 2 is 1.96 bits per heavy atom. The maximum atomic E-state index is 12.5. The van der Waals surface area contributed by atoms with Gasteiger partial charge >= 0.3 is 0 Å². The van der Waals surface area contributed by atoms with Crippen molar-refractivity contribution in [2.75, 3.05) is 12.1 Å². The first-order valence-corrected chi connectivity index (χ1v) is 8.94. The molecule has 2 aromatic carbocycles. The molecule has 0 aliphatic carbocycles. The first-order valence-electron chi connectivity index (χ1n) is 8.19. The Morgan fingerprint density at radius 3 is 2.78 bits per heavy atom. The minimum absolute atomic E-state index is 0.164. The molecule has 1 aliphatic heterocycles. The standard InChI is InChI=1S/C19H15Cl2N3O3/c1-11-6-18(23-24(11)9-13-2-4-14(20)8-15(13)21)22-19(25)12-3-5-16-17(7-12)27-10-26-16/h2-8H,9-10H2,1H3,(H,22,23,25). The molecule has 3 aromatic rings. The van der Waals surface area contributed by atoms with E-state index in [1.165, 1.54) is 0 Å². The number of hydrogen-bond acceptors (Lipinski definition) is 4. The van der Waals surface area contributed by atoms with Crippen LogP contribution in [0.3, 0.4) is 0 Å². The van der Waals surface area contributed by atoms with Crippen molar-refractivity contribution in [3.05, 3.63) is 69.3 Å². The van der Waals surface area contributed by atoms with Crippen molar-refractivity contribution in [3.8, 4) is 11.5 Å². The Labute approximate surface area is 165 Å². The summed E-state index contributed by atoms with van der Waals surface area (Å²) in [6.45, 7) is 2.55. The average molecular weight is 404 g/mol. The van der Waals surface area contributed by atoms with E-state index in [4.69, 9.17) is 32.7 Å². The fourth-order valence-corrected chi connectivity index (χ4v) is 3.24. The molecule has 0 atom stereocenters. The van der Waals surface area contributed by atoms with Gasteiger partial charge in [0.1, 0.15) is 0 Å². The molecule has 27 heavy (non-hydrogen) atoms. The lowest BCUT2D eigenvalue weighted by molar-refractivity contribution is 0.102. The molecule has 0 fully saturated rings. The van der Waals surface area contributed by atoms with Crippen LogP contribution in [-0.4, -0.2) is 22.5 Å². The van der Waals surface area contributed by atoms with Crippen molar-refractivity contribution in [1.82, 2.24) is 9.78 Å². The number of halogens is 2. The van der Waals surface area contributed by atoms with E-state index >= 15 is 0 Å². The molecule has 1 aliphatic rings. The van der Waals surface area contributed by atoms with Crippen LogP contribution in [0.1, 0.15) is 21.6 Å². The molecule has 6 nitrogen and oxygen atoms in total. The van der Waals surface area contributed by atoms with Gasteiger partial charge in [-0.25, -0.2) is 0 Å². The van der Waals surface area contributed by atoms with Gasteiger partial charge in [0.2, 0.25) is 6.79 Å². The van der Waals surface area contributed by atoms with Gasteiger partial charge in [-0.1, -0.05) is 29.3 Å². The summed E-state index contributed by atoms with van der Waals surface area (Å²) in [5.41, 5.74) is 2.25. The molecule has 0 bridgehead atoms. The topological polar surface area (TPSA) is 65.4 Å². The third kappa shape index (κ3) is 3.72. The van der Waals surface area contributed by atoms with Gasteiger partial charge < -0.3 is 14.8 Å². The Hall–Kier alpha value is -2.70. The number of anilines is 1. The van der Waals surface area contributed by atoms with Crippen LogP contribution < -0.4 is 14.8 Å². The number of fused-ring (bicyclic) bond motifs is 1. The second-order valence-electron chi connectivity index (χ2n) is 6.09. The van der Waals surface area contributed by atoms with Crippen molar-refractivity contribution < 1.29 is 14.3 Å². The molecule has 1 aromatic heterocycles. The van der Waals surface area contributed by atoms with Crippen molar-refractivity contribution in [2.45, 2.75) is 13.5 Å². The summed E-state index contributed by atoms with van der Waals surface area (Å²) in [5.74, 6) is 1.37. The van der Waals surface area contributed by atoms with E-state index in [0.717, 1.165) is 11.3 Å². The summed E-state index contributed by atoms with van der Waals surface area (Å²) in [7, 11) is 0. The van der Waals surface area contributed by atoms with Crippen LogP contribution in [0.4, 0.5) is 5.82 Å². The van der Waals surface area contributed by atoms with Gasteiger partial charge in [-0.05, 0) is 42.8 Å². The summed E-state index contributed by atoms with van der Waals surface area (Å²) in [6, 6.07) is 12.2. The van der Waals surface area contributed by atoms with Crippen LogP contribution in [0.15, 0.2) is 42.5 Å². The number of amides is 1. The molecule has 4 rings (SSSR count). The van der Waals surface area contributed by atoms with E-state index in [9.17, 15) is 4.79 Å². The Morgan fingerprint density at radius 1 is 1.15 bits per heavy atom. The van der Waals surface area contributed by atoms with Crippen LogP contribution >= 0.6 is 23.2 Å². The first kappa shape index (κ1) is 17.7. The summed E-state index contributed by atoms with van der Waals surface area (Å²) >= 11 is 12.2. The van der Waals surface area contributed by atoms with Crippen LogP contribution in [0, 0.1) is 6.92 Å². The highest BCUT2D eigenvalue weighted by molar-refractivity contribution is 6.35. The Bertz CT molecular complexity index is 1030. The molecule has 0 spiro atoms. The van der Waals surface area contributed by atoms with Gasteiger partial charge in [0.15, 0.2) is 17.3 Å². The average Bonchev–Trinajstić information content (AvgIpc) is 3.23. The third-order valence-electron chi connectivity index (χ3n) is 4.19. The molecule has 8 heteroatoms. The zero-order valence-electron chi connectivity index (χ0n) is 14.3. The number of carbonyl (C=O) groups is 1. The summed E-state index contributed by atoms with van der Waals surface area (Å²) in [6.07, 6.45) is 0. The van der Waals surface area contributed by atoms with E-state index in [2.05, 4.69) is 10.4 Å². The molecule has 0 radical (unpaired) electrons. The van der Waals surface area contributed by atoms with Crippen LogP contribution in [0.2, 0.25) is 10.0 Å². The summed E-state index contributed by atoms with van der Waals surface area (Å²) in [5, 5.41) is 8.40. The molecule has 0 saturated carbocycles. The zero-order chi connectivity index (χ0) is 19.0. The normalized spacial score (nSPS) is 12.3. The predicted molar refractivity (Wildman–Crippen MR) is 103 cm³/mol. The van der Waals surface area contributed by atoms with E-state index in [0.29, 0.717) is 39.5 Å². The molecule has 1 N–H and O–H groups in total. The second kappa shape index (κ2) is 7.13. The molecule has 1 amide bonds. The number of benzene rings is 2. The van der Waals surface area contributed by atoms with Gasteiger partial charge in [-0.2, -0.15) is 5.10 Å². The smallest absolute Gasteiger partial charge is 0.257 e. The number of rotatable bonds is 4. The van der Waals surface area contributed by atoms with Crippen molar-refractivity contribution >= 4 is 34.9 Å². The quantitative estimate of drug-likeness (QED) is 0.694. The molecular weight excluding hydrogens is 389 g/mol. The Balaban J connectivity index is 1.50. The maximum absolute atomic E-state index is 12.5. The van der Waals surface area contributed by atoms with Gasteiger partial charge in [0.05, 0.1) is 6.54 Å². The van der Waals surface area contributed by atoms with Gasteiger partial charge in [-0.15, -0.1) is 0 Å². The molecule has 138 valence electrons. The SMILES string of the molecule is Cc1cc(NC(=O)c2ccc3c(c2)OCO3)nn1Cc1ccc(Cl)cc1Cl. The summed E-state index contributed by atoms with van der Waals surface area (Å²) in [4.78, 5) is 12.5. The molecular formula is C19H15Cl2N3O3. The van der Waals surface area contributed by atoms with E-state index < -0.39 is 0 Å². The summed E-state index contributed by atoms with van der Waals surface area (Å²) < 4.78 is 12.3. The largest absolute Gasteiger partial charge is 0.454 e. The molecule has 0 unspecified atom stereocenters. The van der Waals surface area contributed by atoms with E-state index in [-0.39, 0.29) is 12.7 Å².